The van der Waals surface area contributed by atoms with E-state index in [4.69, 9.17) is 23.4 Å². The van der Waals surface area contributed by atoms with Crippen molar-refractivity contribution >= 4 is 9.76 Å². The second-order valence-electron chi connectivity index (χ2n) is 3.86. The van der Waals surface area contributed by atoms with E-state index in [0.717, 1.165) is 13.0 Å². The lowest BCUT2D eigenvalue weighted by molar-refractivity contribution is -0.00468. The molecular weight excluding hydrogens is 264 g/mol. The molecule has 0 fully saturated rings. The summed E-state index contributed by atoms with van der Waals surface area (Å²) < 4.78 is 26.6. The Hall–Kier alpha value is 0.0169. The minimum atomic E-state index is 0.531. The zero-order chi connectivity index (χ0) is 14.0. The molecule has 114 valence electrons. The van der Waals surface area contributed by atoms with Crippen LogP contribution in [0.4, 0.5) is 0 Å². The van der Waals surface area contributed by atoms with Gasteiger partial charge in [0.1, 0.15) is 0 Å². The van der Waals surface area contributed by atoms with E-state index in [-0.39, 0.29) is 0 Å². The van der Waals surface area contributed by atoms with Crippen LogP contribution in [0, 0.1) is 0 Å². The summed E-state index contributed by atoms with van der Waals surface area (Å²) in [6.45, 7) is 10.0. The minimum Gasteiger partial charge on any atom is -0.415 e. The van der Waals surface area contributed by atoms with Crippen molar-refractivity contribution in [2.45, 2.75) is 26.3 Å². The lowest BCUT2D eigenvalue weighted by Gasteiger charge is -2.07. The SMILES string of the molecule is CCCCOCCOCCOCCOCCO[Si]C. The van der Waals surface area contributed by atoms with Crippen molar-refractivity contribution in [3.63, 3.8) is 0 Å². The van der Waals surface area contributed by atoms with Gasteiger partial charge in [0.15, 0.2) is 0 Å². The van der Waals surface area contributed by atoms with Crippen LogP contribution in [0.25, 0.3) is 0 Å². The maximum atomic E-state index is 5.37. The summed E-state index contributed by atoms with van der Waals surface area (Å²) >= 11 is 0. The molecule has 0 amide bonds. The van der Waals surface area contributed by atoms with E-state index in [1.165, 1.54) is 6.42 Å². The Morgan fingerprint density at radius 1 is 0.632 bits per heavy atom. The Balaban J connectivity index is 2.88. The Labute approximate surface area is 119 Å². The Bertz CT molecular complexity index is 144. The first kappa shape index (κ1) is 19.0. The van der Waals surface area contributed by atoms with Crippen molar-refractivity contribution in [2.24, 2.45) is 0 Å². The first-order valence-electron chi connectivity index (χ1n) is 7.01. The summed E-state index contributed by atoms with van der Waals surface area (Å²) in [6, 6.07) is 0. The molecule has 0 aromatic rings. The predicted molar refractivity (Wildman–Crippen MR) is 75.8 cm³/mol. The van der Waals surface area contributed by atoms with Crippen molar-refractivity contribution < 1.29 is 23.4 Å². The highest BCUT2D eigenvalue weighted by Crippen LogP contribution is 1.88. The molecule has 0 atom stereocenters. The van der Waals surface area contributed by atoms with Crippen LogP contribution in [0.15, 0.2) is 0 Å². The van der Waals surface area contributed by atoms with Crippen molar-refractivity contribution in [3.05, 3.63) is 0 Å². The predicted octanol–water partition coefficient (Wildman–Crippen LogP) is 1.54. The minimum absolute atomic E-state index is 0.531. The standard InChI is InChI=1S/C13H28O5Si/c1-3-4-5-14-6-7-15-8-9-16-10-11-17-12-13-18-19-2/h3-13H2,1-2H3. The molecule has 0 bridgehead atoms. The highest BCUT2D eigenvalue weighted by molar-refractivity contribution is 6.24. The quantitative estimate of drug-likeness (QED) is 0.319. The van der Waals surface area contributed by atoms with E-state index < -0.39 is 0 Å². The van der Waals surface area contributed by atoms with Crippen molar-refractivity contribution in [1.82, 2.24) is 0 Å². The van der Waals surface area contributed by atoms with Gasteiger partial charge in [0.2, 0.25) is 9.76 Å². The number of unbranched alkanes of at least 4 members (excludes halogenated alkanes) is 1. The second kappa shape index (κ2) is 18.0. The van der Waals surface area contributed by atoms with E-state index in [2.05, 4.69) is 6.92 Å². The molecule has 0 saturated heterocycles. The van der Waals surface area contributed by atoms with Crippen LogP contribution in [0.5, 0.6) is 0 Å². The van der Waals surface area contributed by atoms with Gasteiger partial charge in [0.25, 0.3) is 0 Å². The van der Waals surface area contributed by atoms with Crippen molar-refractivity contribution in [3.8, 4) is 0 Å². The largest absolute Gasteiger partial charge is 0.415 e. The Morgan fingerprint density at radius 2 is 1.05 bits per heavy atom. The third-order valence-electron chi connectivity index (χ3n) is 2.23. The molecule has 0 aromatic carbocycles. The van der Waals surface area contributed by atoms with Crippen LogP contribution in [0.1, 0.15) is 19.8 Å². The van der Waals surface area contributed by atoms with E-state index in [1.807, 2.05) is 6.55 Å². The lowest BCUT2D eigenvalue weighted by atomic mass is 10.4. The summed E-state index contributed by atoms with van der Waals surface area (Å²) in [4.78, 5) is 0. The molecule has 2 radical (unpaired) electrons. The van der Waals surface area contributed by atoms with Crippen LogP contribution < -0.4 is 0 Å². The molecule has 19 heavy (non-hydrogen) atoms. The van der Waals surface area contributed by atoms with Gasteiger partial charge in [-0.2, -0.15) is 0 Å². The Kier molecular flexibility index (Phi) is 18.0. The lowest BCUT2D eigenvalue weighted by Crippen LogP contribution is -2.13. The zero-order valence-corrected chi connectivity index (χ0v) is 13.3. The van der Waals surface area contributed by atoms with Gasteiger partial charge in [-0.05, 0) is 13.0 Å². The summed E-state index contributed by atoms with van der Waals surface area (Å²) in [5.74, 6) is 0. The van der Waals surface area contributed by atoms with Gasteiger partial charge in [-0.3, -0.25) is 0 Å². The van der Waals surface area contributed by atoms with Gasteiger partial charge in [-0.1, -0.05) is 13.3 Å². The molecule has 0 spiro atoms. The Morgan fingerprint density at radius 3 is 1.47 bits per heavy atom. The molecule has 0 aliphatic carbocycles. The molecule has 0 unspecified atom stereocenters. The number of hydrogen-bond donors (Lipinski definition) is 0. The van der Waals surface area contributed by atoms with Gasteiger partial charge in [0, 0.05) is 6.61 Å². The van der Waals surface area contributed by atoms with Gasteiger partial charge in [-0.15, -0.1) is 0 Å². The summed E-state index contributed by atoms with van der Waals surface area (Å²) in [5.41, 5.74) is 0. The van der Waals surface area contributed by atoms with Gasteiger partial charge < -0.3 is 23.4 Å². The number of hydrogen-bond acceptors (Lipinski definition) is 5. The zero-order valence-electron chi connectivity index (χ0n) is 12.3. The molecule has 5 nitrogen and oxygen atoms in total. The third kappa shape index (κ3) is 18.0. The summed E-state index contributed by atoms with van der Waals surface area (Å²) in [5, 5.41) is 0. The van der Waals surface area contributed by atoms with Crippen LogP contribution in [-0.4, -0.2) is 69.2 Å². The first-order valence-corrected chi connectivity index (χ1v) is 8.42. The summed E-state index contributed by atoms with van der Waals surface area (Å²) in [6.07, 6.45) is 2.29. The van der Waals surface area contributed by atoms with Gasteiger partial charge in [0.05, 0.1) is 52.9 Å². The van der Waals surface area contributed by atoms with Gasteiger partial charge >= 0.3 is 0 Å². The molecule has 0 heterocycles. The van der Waals surface area contributed by atoms with Crippen LogP contribution in [0.3, 0.4) is 0 Å². The third-order valence-corrected chi connectivity index (χ3v) is 2.73. The van der Waals surface area contributed by atoms with Gasteiger partial charge in [-0.25, -0.2) is 0 Å². The first-order chi connectivity index (χ1) is 9.41. The average Bonchev–Trinajstić information content (AvgIpc) is 2.43. The molecule has 0 aliphatic heterocycles. The second-order valence-corrected chi connectivity index (χ2v) is 4.55. The van der Waals surface area contributed by atoms with E-state index in [1.54, 1.807) is 0 Å². The van der Waals surface area contributed by atoms with Crippen molar-refractivity contribution in [1.29, 1.82) is 0 Å². The molecule has 0 aromatic heterocycles. The summed E-state index contributed by atoms with van der Waals surface area (Å²) in [7, 11) is 0.531. The molecule has 0 aliphatic rings. The normalized spacial score (nSPS) is 11.1. The van der Waals surface area contributed by atoms with Crippen LogP contribution >= 0.6 is 0 Å². The fourth-order valence-corrected chi connectivity index (χ4v) is 1.50. The van der Waals surface area contributed by atoms with Crippen molar-refractivity contribution in [2.75, 3.05) is 59.5 Å². The average molecular weight is 292 g/mol. The number of ether oxygens (including phenoxy) is 4. The highest BCUT2D eigenvalue weighted by atomic mass is 28.2. The fraction of sp³-hybridized carbons (Fsp3) is 1.00. The topological polar surface area (TPSA) is 46.2 Å². The molecular formula is C13H28O5Si. The smallest absolute Gasteiger partial charge is 0.226 e. The monoisotopic (exact) mass is 292 g/mol. The van der Waals surface area contributed by atoms with E-state index >= 15 is 0 Å². The molecule has 0 rings (SSSR count). The van der Waals surface area contributed by atoms with E-state index in [0.29, 0.717) is 62.6 Å². The van der Waals surface area contributed by atoms with Crippen LogP contribution in [0.2, 0.25) is 6.55 Å². The maximum Gasteiger partial charge on any atom is 0.226 e. The van der Waals surface area contributed by atoms with Crippen LogP contribution in [-0.2, 0) is 23.4 Å². The highest BCUT2D eigenvalue weighted by Gasteiger charge is 1.92. The molecule has 0 saturated carbocycles. The maximum absolute atomic E-state index is 5.37. The molecule has 0 N–H and O–H groups in total. The molecule has 6 heteroatoms. The fourth-order valence-electron chi connectivity index (χ4n) is 1.21. The number of rotatable bonds is 16. The van der Waals surface area contributed by atoms with E-state index in [9.17, 15) is 0 Å².